The molecule has 0 radical (unpaired) electrons. The van der Waals surface area contributed by atoms with Crippen LogP contribution in [0.3, 0.4) is 0 Å². The van der Waals surface area contributed by atoms with Gasteiger partial charge in [-0.15, -0.1) is 0 Å². The molecule has 2 aromatic heterocycles. The molecule has 27 heavy (non-hydrogen) atoms. The molecule has 2 atom stereocenters. The summed E-state index contributed by atoms with van der Waals surface area (Å²) in [5.41, 5.74) is 1.07. The molecular weight excluding hydrogens is 342 g/mol. The summed E-state index contributed by atoms with van der Waals surface area (Å²) in [5.74, 6) is 2.01. The second-order valence-corrected chi connectivity index (χ2v) is 7.24. The van der Waals surface area contributed by atoms with E-state index in [2.05, 4.69) is 34.1 Å². The Bertz CT molecular complexity index is 698. The SMILES string of the molecule is CC(C)C1OCCCC1Nc1cc(N(CCO)Cc2cccnc2)ncn1. The maximum atomic E-state index is 9.47. The van der Waals surface area contributed by atoms with E-state index in [0.717, 1.165) is 36.6 Å². The Labute approximate surface area is 160 Å². The van der Waals surface area contributed by atoms with E-state index >= 15 is 0 Å². The van der Waals surface area contributed by atoms with Crippen molar-refractivity contribution >= 4 is 11.6 Å². The fraction of sp³-hybridized carbons (Fsp3) is 0.550. The van der Waals surface area contributed by atoms with Gasteiger partial charge in [0.05, 0.1) is 18.8 Å². The topological polar surface area (TPSA) is 83.4 Å². The van der Waals surface area contributed by atoms with Crippen LogP contribution in [0, 0.1) is 5.92 Å². The van der Waals surface area contributed by atoms with Gasteiger partial charge < -0.3 is 20.1 Å². The Kier molecular flexibility index (Phi) is 6.95. The molecule has 0 bridgehead atoms. The summed E-state index contributed by atoms with van der Waals surface area (Å²) >= 11 is 0. The van der Waals surface area contributed by atoms with Crippen LogP contribution < -0.4 is 10.2 Å². The van der Waals surface area contributed by atoms with Gasteiger partial charge >= 0.3 is 0 Å². The molecule has 0 amide bonds. The average molecular weight is 371 g/mol. The Hall–Kier alpha value is -2.25. The Balaban J connectivity index is 1.74. The number of pyridine rings is 1. The first kappa shape index (κ1) is 19.5. The van der Waals surface area contributed by atoms with Gasteiger partial charge in [-0.05, 0) is 30.4 Å². The monoisotopic (exact) mass is 371 g/mol. The molecule has 146 valence electrons. The summed E-state index contributed by atoms with van der Waals surface area (Å²) in [6.45, 7) is 6.38. The molecule has 1 aliphatic heterocycles. The number of aliphatic hydroxyl groups is 1. The zero-order chi connectivity index (χ0) is 19.1. The van der Waals surface area contributed by atoms with Crippen molar-refractivity contribution in [1.29, 1.82) is 0 Å². The van der Waals surface area contributed by atoms with Crippen molar-refractivity contribution in [3.05, 3.63) is 42.5 Å². The van der Waals surface area contributed by atoms with Crippen LogP contribution in [0.1, 0.15) is 32.3 Å². The Morgan fingerprint density at radius 1 is 1.37 bits per heavy atom. The summed E-state index contributed by atoms with van der Waals surface area (Å²) in [5, 5.41) is 13.0. The number of hydrogen-bond donors (Lipinski definition) is 2. The zero-order valence-electron chi connectivity index (χ0n) is 16.1. The van der Waals surface area contributed by atoms with Crippen molar-refractivity contribution in [2.75, 3.05) is 30.0 Å². The molecule has 7 heteroatoms. The second kappa shape index (κ2) is 9.62. The lowest BCUT2D eigenvalue weighted by Gasteiger charge is -2.35. The lowest BCUT2D eigenvalue weighted by atomic mass is 9.94. The van der Waals surface area contributed by atoms with Gasteiger partial charge in [-0.2, -0.15) is 0 Å². The minimum Gasteiger partial charge on any atom is -0.395 e. The second-order valence-electron chi connectivity index (χ2n) is 7.24. The molecule has 1 saturated heterocycles. The highest BCUT2D eigenvalue weighted by Crippen LogP contribution is 2.24. The number of hydrogen-bond acceptors (Lipinski definition) is 7. The van der Waals surface area contributed by atoms with Gasteiger partial charge in [0, 0.05) is 38.2 Å². The summed E-state index contributed by atoms with van der Waals surface area (Å²) in [6.07, 6.45) is 7.45. The minimum absolute atomic E-state index is 0.0545. The van der Waals surface area contributed by atoms with Crippen LogP contribution >= 0.6 is 0 Å². The number of ether oxygens (including phenoxy) is 1. The normalized spacial score (nSPS) is 19.9. The van der Waals surface area contributed by atoms with Gasteiger partial charge in [-0.25, -0.2) is 9.97 Å². The van der Waals surface area contributed by atoms with Crippen molar-refractivity contribution in [2.24, 2.45) is 5.92 Å². The Morgan fingerprint density at radius 3 is 3.00 bits per heavy atom. The maximum Gasteiger partial charge on any atom is 0.134 e. The number of anilines is 2. The molecule has 0 aliphatic carbocycles. The maximum absolute atomic E-state index is 9.47. The third-order valence-corrected chi connectivity index (χ3v) is 4.80. The van der Waals surface area contributed by atoms with Crippen molar-refractivity contribution in [3.63, 3.8) is 0 Å². The smallest absolute Gasteiger partial charge is 0.134 e. The Morgan fingerprint density at radius 2 is 2.26 bits per heavy atom. The van der Waals surface area contributed by atoms with Crippen LogP contribution in [0.5, 0.6) is 0 Å². The van der Waals surface area contributed by atoms with E-state index in [1.54, 1.807) is 12.5 Å². The molecule has 0 aromatic carbocycles. The molecule has 2 aromatic rings. The first-order chi connectivity index (χ1) is 13.2. The molecule has 3 rings (SSSR count). The number of nitrogens with zero attached hydrogens (tertiary/aromatic N) is 4. The number of rotatable bonds is 8. The zero-order valence-corrected chi connectivity index (χ0v) is 16.1. The number of aromatic nitrogens is 3. The van der Waals surface area contributed by atoms with E-state index in [9.17, 15) is 5.11 Å². The first-order valence-electron chi connectivity index (χ1n) is 9.62. The molecule has 7 nitrogen and oxygen atoms in total. The number of nitrogens with one attached hydrogen (secondary N) is 1. The minimum atomic E-state index is 0.0545. The van der Waals surface area contributed by atoms with Gasteiger partial charge in [0.1, 0.15) is 18.0 Å². The van der Waals surface area contributed by atoms with E-state index in [4.69, 9.17) is 4.74 Å². The van der Waals surface area contributed by atoms with Crippen LogP contribution in [0.2, 0.25) is 0 Å². The highest BCUT2D eigenvalue weighted by atomic mass is 16.5. The van der Waals surface area contributed by atoms with Gasteiger partial charge in [-0.1, -0.05) is 19.9 Å². The summed E-state index contributed by atoms with van der Waals surface area (Å²) in [6, 6.07) is 6.11. The lowest BCUT2D eigenvalue weighted by molar-refractivity contribution is -0.0203. The van der Waals surface area contributed by atoms with Crippen LogP contribution in [0.15, 0.2) is 36.9 Å². The number of aliphatic hydroxyl groups excluding tert-OH is 1. The molecular formula is C20H29N5O2. The van der Waals surface area contributed by atoms with Crippen molar-refractivity contribution in [1.82, 2.24) is 15.0 Å². The first-order valence-corrected chi connectivity index (χ1v) is 9.62. The molecule has 2 unspecified atom stereocenters. The van der Waals surface area contributed by atoms with Crippen molar-refractivity contribution in [3.8, 4) is 0 Å². The van der Waals surface area contributed by atoms with E-state index in [1.807, 2.05) is 29.3 Å². The van der Waals surface area contributed by atoms with Gasteiger partial charge in [0.15, 0.2) is 0 Å². The molecule has 3 heterocycles. The third-order valence-electron chi connectivity index (χ3n) is 4.80. The average Bonchev–Trinajstić information content (AvgIpc) is 2.69. The predicted octanol–water partition coefficient (Wildman–Crippen LogP) is 2.49. The van der Waals surface area contributed by atoms with E-state index in [0.29, 0.717) is 19.0 Å². The predicted molar refractivity (Wildman–Crippen MR) is 106 cm³/mol. The van der Waals surface area contributed by atoms with Crippen molar-refractivity contribution < 1.29 is 9.84 Å². The fourth-order valence-corrected chi connectivity index (χ4v) is 3.51. The summed E-state index contributed by atoms with van der Waals surface area (Å²) in [7, 11) is 0. The van der Waals surface area contributed by atoms with Gasteiger partial charge in [0.25, 0.3) is 0 Å². The largest absolute Gasteiger partial charge is 0.395 e. The standard InChI is InChI=1S/C20H29N5O2/c1-15(2)20-17(6-4-10-27-20)24-18-11-19(23-14-22-18)25(8-9-26)13-16-5-3-7-21-12-16/h3,5,7,11-12,14-15,17,20,26H,4,6,8-10,13H2,1-2H3,(H,22,23,24). The molecule has 2 N–H and O–H groups in total. The molecule has 1 aliphatic rings. The third kappa shape index (κ3) is 5.37. The van der Waals surface area contributed by atoms with E-state index in [-0.39, 0.29) is 18.8 Å². The quantitative estimate of drug-likeness (QED) is 0.737. The highest BCUT2D eigenvalue weighted by molar-refractivity contribution is 5.49. The van der Waals surface area contributed by atoms with Crippen LogP contribution in [-0.4, -0.2) is 52.0 Å². The van der Waals surface area contributed by atoms with Crippen LogP contribution in [0.4, 0.5) is 11.6 Å². The molecule has 0 saturated carbocycles. The van der Waals surface area contributed by atoms with Crippen LogP contribution in [0.25, 0.3) is 0 Å². The summed E-state index contributed by atoms with van der Waals surface area (Å²) < 4.78 is 5.96. The fourth-order valence-electron chi connectivity index (χ4n) is 3.51. The lowest BCUT2D eigenvalue weighted by Crippen LogP contribution is -2.43. The van der Waals surface area contributed by atoms with E-state index in [1.165, 1.54) is 0 Å². The van der Waals surface area contributed by atoms with Gasteiger partial charge in [-0.3, -0.25) is 4.98 Å². The van der Waals surface area contributed by atoms with Crippen LogP contribution in [-0.2, 0) is 11.3 Å². The van der Waals surface area contributed by atoms with Crippen molar-refractivity contribution in [2.45, 2.75) is 45.4 Å². The van der Waals surface area contributed by atoms with E-state index < -0.39 is 0 Å². The van der Waals surface area contributed by atoms with Gasteiger partial charge in [0.2, 0.25) is 0 Å². The summed E-state index contributed by atoms with van der Waals surface area (Å²) in [4.78, 5) is 15.0. The molecule has 0 spiro atoms. The molecule has 1 fully saturated rings. The highest BCUT2D eigenvalue weighted by Gasteiger charge is 2.28.